The van der Waals surface area contributed by atoms with Crippen LogP contribution in [-0.4, -0.2) is 15.7 Å². The van der Waals surface area contributed by atoms with Crippen molar-refractivity contribution in [2.24, 2.45) is 5.84 Å². The number of rotatable bonds is 3. The number of hydrogen-bond donors (Lipinski definition) is 3. The summed E-state index contributed by atoms with van der Waals surface area (Å²) >= 11 is 3.43. The first-order valence-corrected chi connectivity index (χ1v) is 9.24. The molecule has 27 heavy (non-hydrogen) atoms. The molecule has 4 rings (SSSR count). The highest BCUT2D eigenvalue weighted by Crippen LogP contribution is 2.38. The zero-order valence-electron chi connectivity index (χ0n) is 14.6. The Morgan fingerprint density at radius 2 is 1.89 bits per heavy atom. The van der Waals surface area contributed by atoms with Gasteiger partial charge in [-0.1, -0.05) is 52.3 Å². The molecule has 0 radical (unpaired) electrons. The average Bonchev–Trinajstić information content (AvgIpc) is 3.04. The summed E-state index contributed by atoms with van der Waals surface area (Å²) in [6.45, 7) is 1.94. The third kappa shape index (κ3) is 2.85. The first-order chi connectivity index (χ1) is 13.0. The molecule has 7 heteroatoms. The molecule has 1 amide bonds. The van der Waals surface area contributed by atoms with E-state index in [2.05, 4.69) is 31.8 Å². The molecule has 0 spiro atoms. The standard InChI is InChI=1S/C20H18BrN5O/c1-13-17-11-12-20(19(27)24-22,14-7-9-15(21)10-8-14)23-18(17)26(25-13)16-5-3-2-4-6-16/h2-12,23H,22H2,1H3,(H,24,27). The maximum Gasteiger partial charge on any atom is 0.268 e. The van der Waals surface area contributed by atoms with Crippen molar-refractivity contribution in [2.75, 3.05) is 5.32 Å². The van der Waals surface area contributed by atoms with Crippen molar-refractivity contribution in [3.8, 4) is 5.69 Å². The van der Waals surface area contributed by atoms with Crippen LogP contribution in [0.5, 0.6) is 0 Å². The average molecular weight is 424 g/mol. The second-order valence-corrected chi connectivity index (χ2v) is 7.26. The number of carbonyl (C=O) groups excluding carboxylic acids is 1. The fourth-order valence-electron chi connectivity index (χ4n) is 3.31. The van der Waals surface area contributed by atoms with Gasteiger partial charge in [-0.05, 0) is 42.8 Å². The number of hydrogen-bond acceptors (Lipinski definition) is 4. The zero-order valence-corrected chi connectivity index (χ0v) is 16.2. The Morgan fingerprint density at radius 3 is 2.56 bits per heavy atom. The van der Waals surface area contributed by atoms with E-state index in [4.69, 9.17) is 5.84 Å². The zero-order chi connectivity index (χ0) is 19.0. The minimum atomic E-state index is -1.14. The predicted molar refractivity (Wildman–Crippen MR) is 109 cm³/mol. The summed E-state index contributed by atoms with van der Waals surface area (Å²) in [4.78, 5) is 12.8. The van der Waals surface area contributed by atoms with Crippen molar-refractivity contribution in [1.29, 1.82) is 0 Å². The van der Waals surface area contributed by atoms with Crippen LogP contribution < -0.4 is 16.6 Å². The molecule has 0 saturated heterocycles. The van der Waals surface area contributed by atoms with Crippen LogP contribution >= 0.6 is 15.9 Å². The molecule has 0 aliphatic carbocycles. The topological polar surface area (TPSA) is 85.0 Å². The number of aromatic nitrogens is 2. The molecule has 1 atom stereocenters. The number of para-hydroxylation sites is 1. The van der Waals surface area contributed by atoms with E-state index in [0.717, 1.165) is 32.8 Å². The van der Waals surface area contributed by atoms with E-state index in [1.165, 1.54) is 0 Å². The summed E-state index contributed by atoms with van der Waals surface area (Å²) in [6.07, 6.45) is 3.75. The monoisotopic (exact) mass is 423 g/mol. The van der Waals surface area contributed by atoms with Crippen molar-refractivity contribution in [3.63, 3.8) is 0 Å². The largest absolute Gasteiger partial charge is 0.348 e. The highest BCUT2D eigenvalue weighted by Gasteiger charge is 2.41. The lowest BCUT2D eigenvalue weighted by Gasteiger charge is -2.34. The molecule has 136 valence electrons. The van der Waals surface area contributed by atoms with Gasteiger partial charge in [0.2, 0.25) is 0 Å². The maximum atomic E-state index is 12.8. The second-order valence-electron chi connectivity index (χ2n) is 6.34. The van der Waals surface area contributed by atoms with Crippen LogP contribution in [0.15, 0.2) is 65.1 Å². The maximum absolute atomic E-state index is 12.8. The number of anilines is 1. The quantitative estimate of drug-likeness (QED) is 0.342. The molecule has 1 aromatic heterocycles. The lowest BCUT2D eigenvalue weighted by molar-refractivity contribution is -0.124. The normalized spacial score (nSPS) is 17.9. The molecule has 1 aliphatic rings. The summed E-state index contributed by atoms with van der Waals surface area (Å²) in [7, 11) is 0. The van der Waals surface area contributed by atoms with Crippen molar-refractivity contribution in [3.05, 3.63) is 82.0 Å². The summed E-state index contributed by atoms with van der Waals surface area (Å²) < 4.78 is 2.74. The van der Waals surface area contributed by atoms with E-state index in [9.17, 15) is 4.79 Å². The van der Waals surface area contributed by atoms with Gasteiger partial charge in [-0.2, -0.15) is 5.10 Å². The number of amides is 1. The van der Waals surface area contributed by atoms with Gasteiger partial charge in [0.25, 0.3) is 5.91 Å². The summed E-state index contributed by atoms with van der Waals surface area (Å²) in [5, 5.41) is 8.04. The summed E-state index contributed by atoms with van der Waals surface area (Å²) in [5.41, 5.74) is 4.64. The molecule has 0 fully saturated rings. The fraction of sp³-hybridized carbons (Fsp3) is 0.100. The molecular formula is C20H18BrN5O. The Hall–Kier alpha value is -2.90. The molecule has 6 nitrogen and oxygen atoms in total. The highest BCUT2D eigenvalue weighted by molar-refractivity contribution is 9.10. The number of halogens is 1. The Balaban J connectivity index is 1.89. The molecule has 1 aliphatic heterocycles. The van der Waals surface area contributed by atoms with Crippen LogP contribution in [0, 0.1) is 6.92 Å². The van der Waals surface area contributed by atoms with E-state index in [1.54, 1.807) is 0 Å². The Kier molecular flexibility index (Phi) is 4.33. The number of nitrogens with zero attached hydrogens (tertiary/aromatic N) is 2. The lowest BCUT2D eigenvalue weighted by Crippen LogP contribution is -2.52. The smallest absolute Gasteiger partial charge is 0.268 e. The van der Waals surface area contributed by atoms with Gasteiger partial charge in [0, 0.05) is 10.0 Å². The van der Waals surface area contributed by atoms with Crippen molar-refractivity contribution < 1.29 is 4.79 Å². The molecule has 1 unspecified atom stereocenters. The van der Waals surface area contributed by atoms with Gasteiger partial charge in [-0.3, -0.25) is 10.2 Å². The highest BCUT2D eigenvalue weighted by atomic mass is 79.9. The van der Waals surface area contributed by atoms with Gasteiger partial charge in [0.1, 0.15) is 5.82 Å². The van der Waals surface area contributed by atoms with Gasteiger partial charge in [0.15, 0.2) is 5.54 Å². The lowest BCUT2D eigenvalue weighted by atomic mass is 9.85. The van der Waals surface area contributed by atoms with Crippen LogP contribution in [0.4, 0.5) is 5.82 Å². The molecular weight excluding hydrogens is 406 g/mol. The van der Waals surface area contributed by atoms with Crippen LogP contribution in [0.25, 0.3) is 11.8 Å². The molecule has 4 N–H and O–H groups in total. The van der Waals surface area contributed by atoms with Crippen molar-refractivity contribution in [1.82, 2.24) is 15.2 Å². The Morgan fingerprint density at radius 1 is 1.19 bits per heavy atom. The molecule has 0 bridgehead atoms. The van der Waals surface area contributed by atoms with Crippen molar-refractivity contribution >= 4 is 33.7 Å². The van der Waals surface area contributed by atoms with Gasteiger partial charge in [-0.15, -0.1) is 0 Å². The van der Waals surface area contributed by atoms with Crippen LogP contribution in [0.2, 0.25) is 0 Å². The van der Waals surface area contributed by atoms with E-state index in [1.807, 2.05) is 78.4 Å². The van der Waals surface area contributed by atoms with E-state index >= 15 is 0 Å². The molecule has 2 aromatic carbocycles. The Labute approximate surface area is 165 Å². The van der Waals surface area contributed by atoms with Gasteiger partial charge in [0.05, 0.1) is 11.4 Å². The van der Waals surface area contributed by atoms with E-state index < -0.39 is 5.54 Å². The second kappa shape index (κ2) is 6.68. The SMILES string of the molecule is Cc1nn(-c2ccccc2)c2c1C=CC(C(=O)NN)(c1ccc(Br)cc1)N2. The number of benzene rings is 2. The number of hydrazine groups is 1. The third-order valence-electron chi connectivity index (χ3n) is 4.71. The summed E-state index contributed by atoms with van der Waals surface area (Å²) in [5.74, 6) is 5.91. The fourth-order valence-corrected chi connectivity index (χ4v) is 3.57. The Bertz CT molecular complexity index is 1030. The predicted octanol–water partition coefficient (Wildman–Crippen LogP) is 3.27. The molecule has 3 aromatic rings. The number of carbonyl (C=O) groups is 1. The first kappa shape index (κ1) is 17.5. The van der Waals surface area contributed by atoms with E-state index in [0.29, 0.717) is 0 Å². The van der Waals surface area contributed by atoms with Gasteiger partial charge in [-0.25, -0.2) is 10.5 Å². The minimum absolute atomic E-state index is 0.356. The molecule has 2 heterocycles. The summed E-state index contributed by atoms with van der Waals surface area (Å²) in [6, 6.07) is 17.4. The number of nitrogens with one attached hydrogen (secondary N) is 2. The number of aryl methyl sites for hydroxylation is 1. The van der Waals surface area contributed by atoms with Crippen molar-refractivity contribution in [2.45, 2.75) is 12.5 Å². The minimum Gasteiger partial charge on any atom is -0.348 e. The van der Waals surface area contributed by atoms with Gasteiger partial charge >= 0.3 is 0 Å². The number of nitrogens with two attached hydrogens (primary N) is 1. The van der Waals surface area contributed by atoms with Crippen LogP contribution in [0.1, 0.15) is 16.8 Å². The first-order valence-electron chi connectivity index (χ1n) is 8.45. The van der Waals surface area contributed by atoms with Crippen LogP contribution in [-0.2, 0) is 10.3 Å². The molecule has 0 saturated carbocycles. The van der Waals surface area contributed by atoms with Crippen LogP contribution in [0.3, 0.4) is 0 Å². The third-order valence-corrected chi connectivity index (χ3v) is 5.24. The number of fused-ring (bicyclic) bond motifs is 1. The van der Waals surface area contributed by atoms with E-state index in [-0.39, 0.29) is 5.91 Å². The van der Waals surface area contributed by atoms with Gasteiger partial charge < -0.3 is 5.32 Å².